The maximum atomic E-state index is 10.5. The second-order valence-corrected chi connectivity index (χ2v) is 5.39. The summed E-state index contributed by atoms with van der Waals surface area (Å²) in [5, 5.41) is 18.2. The molecule has 0 aliphatic carbocycles. The molecular formula is C16H22N4O3. The lowest BCUT2D eigenvalue weighted by Crippen LogP contribution is -1.99. The smallest absolute Gasteiger partial charge is 0.269 e. The van der Waals surface area contributed by atoms with Crippen molar-refractivity contribution in [1.29, 1.82) is 0 Å². The largest absolute Gasteiger partial charge is 0.494 e. The molecule has 0 atom stereocenters. The summed E-state index contributed by atoms with van der Waals surface area (Å²) in [5.41, 5.74) is 0.0863. The number of aromatic nitrogens is 3. The number of benzene rings is 1. The van der Waals surface area contributed by atoms with Gasteiger partial charge in [0.15, 0.2) is 0 Å². The molecule has 0 amide bonds. The van der Waals surface area contributed by atoms with E-state index in [4.69, 9.17) is 4.74 Å². The summed E-state index contributed by atoms with van der Waals surface area (Å²) in [4.78, 5) is 10.1. The first-order valence-electron chi connectivity index (χ1n) is 7.97. The van der Waals surface area contributed by atoms with E-state index in [0.717, 1.165) is 25.8 Å². The zero-order chi connectivity index (χ0) is 16.3. The van der Waals surface area contributed by atoms with E-state index in [1.165, 1.54) is 31.4 Å². The van der Waals surface area contributed by atoms with Gasteiger partial charge in [0.2, 0.25) is 0 Å². The lowest BCUT2D eigenvalue weighted by molar-refractivity contribution is -0.384. The number of non-ortho nitro benzene ring substituents is 1. The average Bonchev–Trinajstić information content (AvgIpc) is 3.07. The fourth-order valence-electron chi connectivity index (χ4n) is 2.29. The molecule has 0 saturated heterocycles. The Balaban J connectivity index is 1.45. The fourth-order valence-corrected chi connectivity index (χ4v) is 2.29. The first-order valence-corrected chi connectivity index (χ1v) is 7.97. The van der Waals surface area contributed by atoms with Crippen LogP contribution < -0.4 is 4.74 Å². The van der Waals surface area contributed by atoms with E-state index < -0.39 is 4.92 Å². The predicted octanol–water partition coefficient (Wildman–Crippen LogP) is 3.61. The molecule has 0 unspecified atom stereocenters. The number of rotatable bonds is 11. The number of ether oxygens (including phenoxy) is 1. The molecule has 0 aliphatic heterocycles. The van der Waals surface area contributed by atoms with Crippen LogP contribution in [0, 0.1) is 10.1 Å². The highest BCUT2D eigenvalue weighted by Gasteiger charge is 2.04. The van der Waals surface area contributed by atoms with Crippen molar-refractivity contribution in [3.8, 4) is 5.75 Å². The van der Waals surface area contributed by atoms with Crippen LogP contribution in [-0.2, 0) is 6.54 Å². The van der Waals surface area contributed by atoms with Gasteiger partial charge in [0.05, 0.1) is 17.7 Å². The summed E-state index contributed by atoms with van der Waals surface area (Å²) in [6.45, 7) is 1.58. The van der Waals surface area contributed by atoms with Crippen LogP contribution in [0.4, 0.5) is 5.69 Å². The molecule has 0 bridgehead atoms. The molecule has 0 radical (unpaired) electrons. The predicted molar refractivity (Wildman–Crippen MR) is 86.3 cm³/mol. The van der Waals surface area contributed by atoms with Crippen molar-refractivity contribution >= 4 is 5.69 Å². The minimum Gasteiger partial charge on any atom is -0.494 e. The van der Waals surface area contributed by atoms with Crippen molar-refractivity contribution in [3.05, 3.63) is 46.8 Å². The van der Waals surface area contributed by atoms with Gasteiger partial charge in [-0.3, -0.25) is 14.8 Å². The molecule has 124 valence electrons. The molecule has 0 fully saturated rings. The summed E-state index contributed by atoms with van der Waals surface area (Å²) in [5.74, 6) is 0.684. The third-order valence-corrected chi connectivity index (χ3v) is 3.57. The lowest BCUT2D eigenvalue weighted by Gasteiger charge is -2.06. The second kappa shape index (κ2) is 9.55. The van der Waals surface area contributed by atoms with Crippen LogP contribution >= 0.6 is 0 Å². The first-order chi connectivity index (χ1) is 11.3. The van der Waals surface area contributed by atoms with Gasteiger partial charge >= 0.3 is 0 Å². The van der Waals surface area contributed by atoms with Crippen molar-refractivity contribution in [2.75, 3.05) is 6.61 Å². The maximum Gasteiger partial charge on any atom is 0.269 e. The average molecular weight is 318 g/mol. The molecule has 0 N–H and O–H groups in total. The van der Waals surface area contributed by atoms with Gasteiger partial charge in [-0.1, -0.05) is 30.9 Å². The Morgan fingerprint density at radius 3 is 2.39 bits per heavy atom. The molecule has 2 rings (SSSR count). The topological polar surface area (TPSA) is 83.1 Å². The number of nitro benzene ring substituents is 1. The van der Waals surface area contributed by atoms with E-state index in [-0.39, 0.29) is 5.69 Å². The second-order valence-electron chi connectivity index (χ2n) is 5.39. The minimum atomic E-state index is -0.410. The molecule has 23 heavy (non-hydrogen) atoms. The molecule has 0 spiro atoms. The Kier molecular flexibility index (Phi) is 7.03. The highest BCUT2D eigenvalue weighted by molar-refractivity contribution is 5.35. The molecule has 2 aromatic rings. The molecular weight excluding hydrogens is 296 g/mol. The third-order valence-electron chi connectivity index (χ3n) is 3.57. The van der Waals surface area contributed by atoms with Crippen molar-refractivity contribution in [2.24, 2.45) is 0 Å². The van der Waals surface area contributed by atoms with Gasteiger partial charge in [0, 0.05) is 24.9 Å². The van der Waals surface area contributed by atoms with Crippen LogP contribution in [0.2, 0.25) is 0 Å². The van der Waals surface area contributed by atoms with E-state index in [2.05, 4.69) is 10.3 Å². The van der Waals surface area contributed by atoms with Crippen LogP contribution in [0.25, 0.3) is 0 Å². The van der Waals surface area contributed by atoms with E-state index in [1.807, 2.05) is 10.9 Å². The van der Waals surface area contributed by atoms with Gasteiger partial charge in [-0.25, -0.2) is 0 Å². The summed E-state index contributed by atoms with van der Waals surface area (Å²) in [6, 6.07) is 6.21. The highest BCUT2D eigenvalue weighted by Crippen LogP contribution is 2.17. The number of hydrogen-bond acceptors (Lipinski definition) is 5. The molecule has 0 aliphatic rings. The zero-order valence-electron chi connectivity index (χ0n) is 13.1. The Bertz CT molecular complexity index is 570. The molecule has 1 heterocycles. The molecule has 7 heteroatoms. The number of nitro groups is 1. The van der Waals surface area contributed by atoms with Gasteiger partial charge in [0.1, 0.15) is 5.75 Å². The number of aryl methyl sites for hydroxylation is 1. The summed E-state index contributed by atoms with van der Waals surface area (Å²) >= 11 is 0. The molecule has 7 nitrogen and oxygen atoms in total. The van der Waals surface area contributed by atoms with Crippen molar-refractivity contribution in [2.45, 2.75) is 45.1 Å². The number of nitrogens with zero attached hydrogens (tertiary/aromatic N) is 4. The Morgan fingerprint density at radius 2 is 1.74 bits per heavy atom. The van der Waals surface area contributed by atoms with Crippen LogP contribution in [0.15, 0.2) is 36.7 Å². The van der Waals surface area contributed by atoms with E-state index >= 15 is 0 Å². The monoisotopic (exact) mass is 318 g/mol. The van der Waals surface area contributed by atoms with Crippen LogP contribution in [0.5, 0.6) is 5.75 Å². The lowest BCUT2D eigenvalue weighted by atomic mass is 10.1. The van der Waals surface area contributed by atoms with Crippen LogP contribution in [0.1, 0.15) is 38.5 Å². The van der Waals surface area contributed by atoms with Crippen molar-refractivity contribution in [1.82, 2.24) is 15.0 Å². The van der Waals surface area contributed by atoms with Gasteiger partial charge in [0.25, 0.3) is 5.69 Å². The van der Waals surface area contributed by atoms with Gasteiger partial charge in [-0.15, -0.1) is 5.10 Å². The Morgan fingerprint density at radius 1 is 1.04 bits per heavy atom. The van der Waals surface area contributed by atoms with Crippen LogP contribution in [-0.4, -0.2) is 26.5 Å². The normalized spacial score (nSPS) is 10.6. The van der Waals surface area contributed by atoms with E-state index in [1.54, 1.807) is 18.3 Å². The highest BCUT2D eigenvalue weighted by atomic mass is 16.6. The number of hydrogen-bond donors (Lipinski definition) is 0. The zero-order valence-corrected chi connectivity index (χ0v) is 13.1. The van der Waals surface area contributed by atoms with Gasteiger partial charge in [-0.2, -0.15) is 0 Å². The van der Waals surface area contributed by atoms with Crippen molar-refractivity contribution in [3.63, 3.8) is 0 Å². The molecule has 1 aromatic carbocycles. The summed E-state index contributed by atoms with van der Waals surface area (Å²) in [7, 11) is 0. The molecule has 1 aromatic heterocycles. The van der Waals surface area contributed by atoms with Crippen LogP contribution in [0.3, 0.4) is 0 Å². The van der Waals surface area contributed by atoms with E-state index in [0.29, 0.717) is 12.4 Å². The third kappa shape index (κ3) is 6.46. The SMILES string of the molecule is O=[N+]([O-])c1ccc(OCCCCCCCCn2ccnn2)cc1. The molecule has 0 saturated carbocycles. The first kappa shape index (κ1) is 16.9. The van der Waals surface area contributed by atoms with Gasteiger partial charge in [-0.05, 0) is 25.0 Å². The minimum absolute atomic E-state index is 0.0863. The quantitative estimate of drug-likeness (QED) is 0.359. The van der Waals surface area contributed by atoms with Crippen molar-refractivity contribution < 1.29 is 9.66 Å². The summed E-state index contributed by atoms with van der Waals surface area (Å²) < 4.78 is 7.44. The number of unbranched alkanes of at least 4 members (excludes halogenated alkanes) is 5. The maximum absolute atomic E-state index is 10.5. The Hall–Kier alpha value is -2.44. The van der Waals surface area contributed by atoms with E-state index in [9.17, 15) is 10.1 Å². The fraction of sp³-hybridized carbons (Fsp3) is 0.500. The Labute approximate surface area is 135 Å². The van der Waals surface area contributed by atoms with Gasteiger partial charge < -0.3 is 4.74 Å². The summed E-state index contributed by atoms with van der Waals surface area (Å²) in [6.07, 6.45) is 10.5. The standard InChI is InChI=1S/C16H22N4O3/c21-20(22)15-7-9-16(10-8-15)23-14-6-4-2-1-3-5-12-19-13-11-17-18-19/h7-11,13H,1-6,12,14H2.